The predicted octanol–water partition coefficient (Wildman–Crippen LogP) is 4.36. The first kappa shape index (κ1) is 18.7. The van der Waals surface area contributed by atoms with Crippen LogP contribution < -0.4 is 0 Å². The van der Waals surface area contributed by atoms with Crippen molar-refractivity contribution in [2.75, 3.05) is 6.61 Å². The van der Waals surface area contributed by atoms with Gasteiger partial charge in [0.2, 0.25) is 0 Å². The predicted molar refractivity (Wildman–Crippen MR) is 76.2 cm³/mol. The summed E-state index contributed by atoms with van der Waals surface area (Å²) in [7, 11) is 0. The van der Waals surface area contributed by atoms with Gasteiger partial charge < -0.3 is 4.74 Å². The van der Waals surface area contributed by atoms with E-state index in [2.05, 4.69) is 11.7 Å². The summed E-state index contributed by atoms with van der Waals surface area (Å²) in [6.07, 6.45) is 2.19. The van der Waals surface area contributed by atoms with Gasteiger partial charge in [0, 0.05) is 0 Å². The maximum atomic E-state index is 12.7. The van der Waals surface area contributed by atoms with Gasteiger partial charge >= 0.3 is 12.1 Å². The van der Waals surface area contributed by atoms with Crippen LogP contribution in [0.3, 0.4) is 0 Å². The Hall–Kier alpha value is -1.33. The van der Waals surface area contributed by atoms with Crippen LogP contribution in [0.25, 0.3) is 0 Å². The lowest BCUT2D eigenvalue weighted by atomic mass is 9.98. The van der Waals surface area contributed by atoms with Gasteiger partial charge in [-0.25, -0.2) is 0 Å². The Labute approximate surface area is 128 Å². The molecule has 0 bridgehead atoms. The van der Waals surface area contributed by atoms with E-state index in [1.165, 1.54) is 6.92 Å². The van der Waals surface area contributed by atoms with Crippen molar-refractivity contribution in [3.63, 3.8) is 0 Å². The molecular formula is C16H23F3O3. The van der Waals surface area contributed by atoms with E-state index in [1.807, 2.05) is 0 Å². The highest BCUT2D eigenvalue weighted by Crippen LogP contribution is 2.56. The topological polar surface area (TPSA) is 43.4 Å². The van der Waals surface area contributed by atoms with Gasteiger partial charge in [0.15, 0.2) is 5.41 Å². The third kappa shape index (κ3) is 4.34. The molecule has 0 N–H and O–H groups in total. The summed E-state index contributed by atoms with van der Waals surface area (Å²) >= 11 is 0. The standard InChI is InChI=1S/C16H23F3O3/c1-3-5-6-7-8-9-10-12-11-15(12,14(21)22-4-2)13(20)16(17,18)19/h10H,3-9,11H2,1-2H3/b12-10+. The number of hydrogen-bond donors (Lipinski definition) is 0. The molecule has 1 fully saturated rings. The maximum absolute atomic E-state index is 12.7. The molecule has 1 unspecified atom stereocenters. The second-order valence-electron chi connectivity index (χ2n) is 5.56. The van der Waals surface area contributed by atoms with Gasteiger partial charge in [-0.05, 0) is 31.8 Å². The Morgan fingerprint density at radius 3 is 2.36 bits per heavy atom. The van der Waals surface area contributed by atoms with Crippen LogP contribution in [-0.4, -0.2) is 24.5 Å². The number of esters is 1. The van der Waals surface area contributed by atoms with Crippen LogP contribution in [0.4, 0.5) is 13.2 Å². The fourth-order valence-corrected chi connectivity index (χ4v) is 2.53. The molecule has 0 saturated heterocycles. The monoisotopic (exact) mass is 320 g/mol. The average molecular weight is 320 g/mol. The van der Waals surface area contributed by atoms with Gasteiger partial charge in [-0.2, -0.15) is 13.2 Å². The summed E-state index contributed by atoms with van der Waals surface area (Å²) in [6.45, 7) is 3.56. The molecule has 0 aromatic rings. The second-order valence-corrected chi connectivity index (χ2v) is 5.56. The molecule has 0 amide bonds. The molecule has 0 aliphatic heterocycles. The fourth-order valence-electron chi connectivity index (χ4n) is 2.53. The van der Waals surface area contributed by atoms with E-state index >= 15 is 0 Å². The highest BCUT2D eigenvalue weighted by atomic mass is 19.4. The summed E-state index contributed by atoms with van der Waals surface area (Å²) in [6, 6.07) is 0. The van der Waals surface area contributed by atoms with Crippen molar-refractivity contribution in [2.24, 2.45) is 5.41 Å². The van der Waals surface area contributed by atoms with E-state index in [-0.39, 0.29) is 18.6 Å². The summed E-state index contributed by atoms with van der Waals surface area (Å²) in [5.41, 5.74) is -1.85. The normalized spacial score (nSPS) is 22.7. The smallest absolute Gasteiger partial charge is 0.451 e. The summed E-state index contributed by atoms with van der Waals surface area (Å²) in [5.74, 6) is -3.08. The molecule has 1 aliphatic carbocycles. The van der Waals surface area contributed by atoms with Gasteiger partial charge in [0.1, 0.15) is 0 Å². The zero-order valence-corrected chi connectivity index (χ0v) is 13.1. The first-order valence-electron chi connectivity index (χ1n) is 7.79. The molecule has 22 heavy (non-hydrogen) atoms. The van der Waals surface area contributed by atoms with Crippen LogP contribution in [0.1, 0.15) is 58.8 Å². The minimum Gasteiger partial charge on any atom is -0.465 e. The highest BCUT2D eigenvalue weighted by molar-refractivity contribution is 6.14. The Kier molecular flexibility index (Phi) is 6.63. The lowest BCUT2D eigenvalue weighted by Crippen LogP contribution is -2.38. The number of carbonyl (C=O) groups is 2. The van der Waals surface area contributed by atoms with Crippen molar-refractivity contribution in [2.45, 2.75) is 65.0 Å². The van der Waals surface area contributed by atoms with Crippen LogP contribution in [0, 0.1) is 5.41 Å². The summed E-state index contributed by atoms with van der Waals surface area (Å²) < 4.78 is 42.8. The molecule has 6 heteroatoms. The molecule has 1 atom stereocenters. The third-order valence-electron chi connectivity index (χ3n) is 3.85. The number of carbonyl (C=O) groups excluding carboxylic acids is 2. The Morgan fingerprint density at radius 2 is 1.82 bits per heavy atom. The average Bonchev–Trinajstić information content (AvgIpc) is 3.16. The largest absolute Gasteiger partial charge is 0.465 e. The molecule has 0 aromatic heterocycles. The van der Waals surface area contributed by atoms with Crippen molar-refractivity contribution >= 4 is 11.8 Å². The molecule has 0 spiro atoms. The lowest BCUT2D eigenvalue weighted by molar-refractivity contribution is -0.182. The zero-order valence-electron chi connectivity index (χ0n) is 13.1. The molecule has 0 heterocycles. The van der Waals surface area contributed by atoms with E-state index in [1.54, 1.807) is 6.08 Å². The number of halogens is 3. The zero-order chi connectivity index (χ0) is 16.8. The molecule has 1 saturated carbocycles. The third-order valence-corrected chi connectivity index (χ3v) is 3.85. The maximum Gasteiger partial charge on any atom is 0.451 e. The van der Waals surface area contributed by atoms with Crippen LogP contribution in [-0.2, 0) is 14.3 Å². The number of ketones is 1. The van der Waals surface area contributed by atoms with E-state index in [4.69, 9.17) is 0 Å². The molecule has 3 nitrogen and oxygen atoms in total. The lowest BCUT2D eigenvalue weighted by Gasteiger charge is -2.14. The molecule has 1 rings (SSSR count). The second kappa shape index (κ2) is 7.79. The SMILES string of the molecule is CCCCCCC/C=C1\CC1(C(=O)OCC)C(=O)C(F)(F)F. The van der Waals surface area contributed by atoms with Gasteiger partial charge in [0.25, 0.3) is 5.78 Å². The molecular weight excluding hydrogens is 297 g/mol. The van der Waals surface area contributed by atoms with Crippen LogP contribution in [0.2, 0.25) is 0 Å². The van der Waals surface area contributed by atoms with Crippen LogP contribution >= 0.6 is 0 Å². The van der Waals surface area contributed by atoms with Crippen molar-refractivity contribution in [1.82, 2.24) is 0 Å². The molecule has 126 valence electrons. The minimum absolute atomic E-state index is 0.0456. The van der Waals surface area contributed by atoms with Gasteiger partial charge in [0.05, 0.1) is 6.61 Å². The van der Waals surface area contributed by atoms with Gasteiger partial charge in [-0.1, -0.05) is 38.7 Å². The number of ether oxygens (including phenoxy) is 1. The van der Waals surface area contributed by atoms with E-state index < -0.39 is 23.3 Å². The van der Waals surface area contributed by atoms with Crippen molar-refractivity contribution < 1.29 is 27.5 Å². The first-order valence-corrected chi connectivity index (χ1v) is 7.79. The van der Waals surface area contributed by atoms with Gasteiger partial charge in [-0.3, -0.25) is 9.59 Å². The number of alkyl halides is 3. The van der Waals surface area contributed by atoms with E-state index in [0.29, 0.717) is 6.42 Å². The number of hydrogen-bond acceptors (Lipinski definition) is 3. The number of rotatable bonds is 9. The quantitative estimate of drug-likeness (QED) is 0.274. The fraction of sp³-hybridized carbons (Fsp3) is 0.750. The Bertz CT molecular complexity index is 440. The van der Waals surface area contributed by atoms with Gasteiger partial charge in [-0.15, -0.1) is 0 Å². The summed E-state index contributed by atoms with van der Waals surface area (Å²) in [4.78, 5) is 23.4. The molecule has 0 aromatic carbocycles. The summed E-state index contributed by atoms with van der Waals surface area (Å²) in [5, 5.41) is 0. The molecule has 0 radical (unpaired) electrons. The molecule has 1 aliphatic rings. The minimum atomic E-state index is -5.02. The number of unbranched alkanes of at least 4 members (excludes halogenated alkanes) is 5. The van der Waals surface area contributed by atoms with Crippen LogP contribution in [0.15, 0.2) is 11.6 Å². The number of allylic oxidation sites excluding steroid dienone is 1. The van der Waals surface area contributed by atoms with E-state index in [0.717, 1.165) is 32.1 Å². The van der Waals surface area contributed by atoms with Crippen molar-refractivity contribution in [1.29, 1.82) is 0 Å². The highest BCUT2D eigenvalue weighted by Gasteiger charge is 2.69. The van der Waals surface area contributed by atoms with Crippen molar-refractivity contribution in [3.05, 3.63) is 11.6 Å². The van der Waals surface area contributed by atoms with Crippen molar-refractivity contribution in [3.8, 4) is 0 Å². The Morgan fingerprint density at radius 1 is 1.18 bits per heavy atom. The first-order chi connectivity index (χ1) is 10.3. The van der Waals surface area contributed by atoms with E-state index in [9.17, 15) is 22.8 Å². The Balaban J connectivity index is 2.69. The van der Waals surface area contributed by atoms with Crippen LogP contribution in [0.5, 0.6) is 0 Å². The number of Topliss-reactive ketones (excluding diaryl/α,β-unsaturated/α-hetero) is 1.